The lowest BCUT2D eigenvalue weighted by Crippen LogP contribution is -2.58. The molecule has 0 N–H and O–H groups in total. The predicted octanol–water partition coefficient (Wildman–Crippen LogP) is 21.3. The summed E-state index contributed by atoms with van der Waals surface area (Å²) in [5, 5.41) is 0. The van der Waals surface area contributed by atoms with Gasteiger partial charge in [0.25, 0.3) is 0 Å². The van der Waals surface area contributed by atoms with Gasteiger partial charge in [-0.2, -0.15) is 0 Å². The van der Waals surface area contributed by atoms with Crippen LogP contribution in [0.1, 0.15) is 282 Å². The van der Waals surface area contributed by atoms with Gasteiger partial charge in [-0.05, 0) is 171 Å². The van der Waals surface area contributed by atoms with Crippen molar-refractivity contribution in [3.05, 3.63) is 0 Å². The fourth-order valence-electron chi connectivity index (χ4n) is 17.6. The average molecular weight is 906 g/mol. The average Bonchev–Trinajstić information content (AvgIpc) is 3.57. The molecule has 384 valence electrons. The van der Waals surface area contributed by atoms with Gasteiger partial charge < -0.3 is 0 Å². The summed E-state index contributed by atoms with van der Waals surface area (Å²) < 4.78 is 0. The van der Waals surface area contributed by atoms with E-state index in [1.165, 1.54) is 109 Å². The van der Waals surface area contributed by atoms with Crippen LogP contribution in [0.5, 0.6) is 0 Å². The summed E-state index contributed by atoms with van der Waals surface area (Å²) in [5.41, 5.74) is 2.87. The first-order valence-corrected chi connectivity index (χ1v) is 29.6. The summed E-state index contributed by atoms with van der Waals surface area (Å²) in [6.07, 6.45) is 24.8. The maximum atomic E-state index is 2.85. The molecule has 4 aliphatic rings. The molecule has 0 heteroatoms. The van der Waals surface area contributed by atoms with E-state index >= 15 is 0 Å². The predicted molar refractivity (Wildman–Crippen MR) is 292 cm³/mol. The number of rotatable bonds is 23. The largest absolute Gasteiger partial charge is 0.0625 e. The van der Waals surface area contributed by atoms with Crippen LogP contribution < -0.4 is 0 Å². The second-order valence-electron chi connectivity index (χ2n) is 30.9. The van der Waals surface area contributed by atoms with Crippen LogP contribution in [0.25, 0.3) is 0 Å². The van der Waals surface area contributed by atoms with Crippen LogP contribution in [0.3, 0.4) is 0 Å². The summed E-state index contributed by atoms with van der Waals surface area (Å²) in [4.78, 5) is 0. The van der Waals surface area contributed by atoms with Crippen LogP contribution in [0.4, 0.5) is 0 Å². The third kappa shape index (κ3) is 10.6. The van der Waals surface area contributed by atoms with Crippen molar-refractivity contribution in [2.24, 2.45) is 132 Å². The van der Waals surface area contributed by atoms with Crippen LogP contribution in [0, 0.1) is 132 Å². The van der Waals surface area contributed by atoms with E-state index < -0.39 is 0 Å². The molecule has 4 rings (SSSR count). The van der Waals surface area contributed by atoms with Gasteiger partial charge >= 0.3 is 0 Å². The van der Waals surface area contributed by atoms with E-state index in [0.717, 1.165) is 76.9 Å². The zero-order chi connectivity index (χ0) is 49.7. The molecule has 0 saturated heterocycles. The van der Waals surface area contributed by atoms with Crippen LogP contribution >= 0.6 is 0 Å². The Morgan fingerprint density at radius 1 is 0.492 bits per heavy atom. The Labute approximate surface area is 412 Å². The third-order valence-electron chi connectivity index (χ3n) is 27.2. The number of hydrogen-bond acceptors (Lipinski definition) is 0. The van der Waals surface area contributed by atoms with Crippen molar-refractivity contribution in [1.29, 1.82) is 0 Å². The van der Waals surface area contributed by atoms with Gasteiger partial charge in [0.15, 0.2) is 0 Å². The molecule has 0 aliphatic heterocycles. The van der Waals surface area contributed by atoms with Crippen molar-refractivity contribution in [1.82, 2.24) is 0 Å². The number of unbranched alkanes of at least 4 members (excludes halogenated alkanes) is 2. The Kier molecular flexibility index (Phi) is 18.6. The molecule has 0 spiro atoms. The second kappa shape index (κ2) is 21.0. The quantitative estimate of drug-likeness (QED) is 0.0897. The summed E-state index contributed by atoms with van der Waals surface area (Å²) in [5.74, 6) is 12.9. The van der Waals surface area contributed by atoms with E-state index in [0.29, 0.717) is 44.3 Å². The summed E-state index contributed by atoms with van der Waals surface area (Å²) in [6, 6.07) is 0. The highest BCUT2D eigenvalue weighted by Gasteiger charge is 2.64. The maximum Gasteiger partial charge on any atom is -0.0238 e. The highest BCUT2D eigenvalue weighted by molar-refractivity contribution is 5.13. The monoisotopic (exact) mass is 905 g/mol. The van der Waals surface area contributed by atoms with E-state index in [9.17, 15) is 0 Å². The van der Waals surface area contributed by atoms with Gasteiger partial charge in [0.2, 0.25) is 0 Å². The fraction of sp³-hybridized carbons (Fsp3) is 1.00. The van der Waals surface area contributed by atoms with Gasteiger partial charge in [-0.15, -0.1) is 0 Å². The standard InChI is InChI=1S/C65H124/c1-43(2)58(12,13)62(20,21)60(16,17)49(9)30-26-28-32-52(33-29-27-31-50(10)61(18,19)63(22,23)59(14,15)44(3)4)46(6)34-35-47(7)54-36-37-55-57-48(8)41-53-40-45(5)38-39-64(53,24)56(57)42-51(11)65(54,55)25/h43-57H,26-42H2,1-25H3. The molecule has 4 fully saturated rings. The normalized spacial score (nSPS) is 34.2. The SMILES string of the molecule is CC1CCC2(C)C(C1)CC(C)C1C2CC(C)C2(C)C(C(C)CCC(C)C(CCCCC(C)C(C)(C)C(C)(C)C(C)(C)C(C)C)CCCCC(C)C(C)(C)C(C)(C)C(C)(C)C(C)C)CCC12. The van der Waals surface area contributed by atoms with Crippen LogP contribution in [0.15, 0.2) is 0 Å². The molecule has 0 aromatic carbocycles. The van der Waals surface area contributed by atoms with E-state index in [-0.39, 0.29) is 10.8 Å². The molecule has 0 aromatic heterocycles. The molecular formula is C65H124. The van der Waals surface area contributed by atoms with E-state index in [1.807, 2.05) is 0 Å². The summed E-state index contributed by atoms with van der Waals surface area (Å²) >= 11 is 0. The molecule has 14 atom stereocenters. The number of hydrogen-bond donors (Lipinski definition) is 0. The van der Waals surface area contributed by atoms with Crippen molar-refractivity contribution in [3.63, 3.8) is 0 Å². The highest BCUT2D eigenvalue weighted by atomic mass is 14.7. The van der Waals surface area contributed by atoms with Crippen LogP contribution in [-0.2, 0) is 0 Å². The van der Waals surface area contributed by atoms with Crippen molar-refractivity contribution >= 4 is 0 Å². The molecule has 0 aromatic rings. The molecular weight excluding hydrogens is 781 g/mol. The molecule has 65 heavy (non-hydrogen) atoms. The minimum atomic E-state index is 0.268. The van der Waals surface area contributed by atoms with Crippen LogP contribution in [-0.4, -0.2) is 0 Å². The van der Waals surface area contributed by atoms with Crippen molar-refractivity contribution < 1.29 is 0 Å². The molecule has 4 aliphatic carbocycles. The van der Waals surface area contributed by atoms with Gasteiger partial charge in [-0.3, -0.25) is 0 Å². The molecule has 4 saturated carbocycles. The maximum absolute atomic E-state index is 2.85. The molecule has 0 bridgehead atoms. The Hall–Kier alpha value is 0. The van der Waals surface area contributed by atoms with Gasteiger partial charge in [-0.25, -0.2) is 0 Å². The molecule has 0 heterocycles. The lowest BCUT2D eigenvalue weighted by Gasteiger charge is -2.65. The third-order valence-corrected chi connectivity index (χ3v) is 27.2. The molecule has 0 amide bonds. The first kappa shape index (κ1) is 57.6. The fourth-order valence-corrected chi connectivity index (χ4v) is 17.6. The van der Waals surface area contributed by atoms with Gasteiger partial charge in [0, 0.05) is 0 Å². The highest BCUT2D eigenvalue weighted by Crippen LogP contribution is 2.71. The Morgan fingerprint density at radius 2 is 0.954 bits per heavy atom. The number of fused-ring (bicyclic) bond motifs is 5. The second-order valence-corrected chi connectivity index (χ2v) is 30.9. The van der Waals surface area contributed by atoms with Crippen molar-refractivity contribution in [2.75, 3.05) is 0 Å². The summed E-state index contributed by atoms with van der Waals surface area (Å²) in [6.45, 7) is 64.9. The molecule has 0 nitrogen and oxygen atoms in total. The minimum absolute atomic E-state index is 0.268. The zero-order valence-electron chi connectivity index (χ0n) is 49.7. The smallest absolute Gasteiger partial charge is 0.0238 e. The lowest BCUT2D eigenvalue weighted by atomic mass is 9.40. The van der Waals surface area contributed by atoms with Crippen molar-refractivity contribution in [2.45, 2.75) is 282 Å². The Balaban J connectivity index is 1.43. The lowest BCUT2D eigenvalue weighted by molar-refractivity contribution is -0.162. The first-order chi connectivity index (χ1) is 29.6. The van der Waals surface area contributed by atoms with Crippen molar-refractivity contribution in [3.8, 4) is 0 Å². The Bertz CT molecular complexity index is 1410. The molecule has 14 unspecified atom stereocenters. The first-order valence-electron chi connectivity index (χ1n) is 29.6. The van der Waals surface area contributed by atoms with Gasteiger partial charge in [-0.1, -0.05) is 244 Å². The van der Waals surface area contributed by atoms with E-state index in [4.69, 9.17) is 0 Å². The summed E-state index contributed by atoms with van der Waals surface area (Å²) in [7, 11) is 0. The van der Waals surface area contributed by atoms with Gasteiger partial charge in [0.05, 0.1) is 0 Å². The Morgan fingerprint density at radius 3 is 1.42 bits per heavy atom. The molecule has 0 radical (unpaired) electrons. The van der Waals surface area contributed by atoms with E-state index in [2.05, 4.69) is 173 Å². The van der Waals surface area contributed by atoms with E-state index in [1.54, 1.807) is 0 Å². The van der Waals surface area contributed by atoms with Gasteiger partial charge in [0.1, 0.15) is 0 Å². The topological polar surface area (TPSA) is 0 Å². The minimum Gasteiger partial charge on any atom is -0.0625 e. The van der Waals surface area contributed by atoms with Crippen LogP contribution in [0.2, 0.25) is 0 Å². The zero-order valence-corrected chi connectivity index (χ0v) is 49.7.